The second-order valence-electron chi connectivity index (χ2n) is 6.80. The summed E-state index contributed by atoms with van der Waals surface area (Å²) >= 11 is 0. The Kier molecular flexibility index (Phi) is 25.1. The zero-order chi connectivity index (χ0) is 20.6. The van der Waals surface area contributed by atoms with Crippen LogP contribution in [0.3, 0.4) is 0 Å². The molecule has 0 saturated carbocycles. The number of ether oxygens (including phenoxy) is 1. The molecule has 0 aromatic rings. The molecular weight excluding hydrogens is 342 g/mol. The standard InChI is InChI=1S/C19H39NO2.C3H4O2/c1-3-5-6-7-8-9-10-11-12-13-14-15-16-17-18-22-19(21)20-4-2;1-2-3(4)5/h3-18H2,1-2H3,(H,20,21);2H,1H2,(H,4,5). The summed E-state index contributed by atoms with van der Waals surface area (Å²) in [6.45, 7) is 8.33. The Balaban J connectivity index is 0. The van der Waals surface area contributed by atoms with Crippen molar-refractivity contribution >= 4 is 12.1 Å². The Morgan fingerprint density at radius 2 is 1.19 bits per heavy atom. The number of alkyl carbamates (subject to hydrolysis) is 1. The molecule has 0 saturated heterocycles. The third-order valence-electron chi connectivity index (χ3n) is 4.23. The van der Waals surface area contributed by atoms with Gasteiger partial charge in [-0.1, -0.05) is 97.0 Å². The third kappa shape index (κ3) is 29.5. The van der Waals surface area contributed by atoms with Crippen molar-refractivity contribution < 1.29 is 19.4 Å². The summed E-state index contributed by atoms with van der Waals surface area (Å²) in [7, 11) is 0. The van der Waals surface area contributed by atoms with E-state index in [-0.39, 0.29) is 6.09 Å². The number of carboxylic acids is 1. The Labute approximate surface area is 166 Å². The van der Waals surface area contributed by atoms with Crippen molar-refractivity contribution in [1.29, 1.82) is 0 Å². The van der Waals surface area contributed by atoms with E-state index in [2.05, 4.69) is 18.8 Å². The van der Waals surface area contributed by atoms with E-state index in [9.17, 15) is 9.59 Å². The van der Waals surface area contributed by atoms with Gasteiger partial charge in [-0.05, 0) is 13.3 Å². The zero-order valence-electron chi connectivity index (χ0n) is 17.8. The van der Waals surface area contributed by atoms with Gasteiger partial charge in [0.25, 0.3) is 0 Å². The first-order valence-corrected chi connectivity index (χ1v) is 10.8. The minimum absolute atomic E-state index is 0.280. The molecule has 0 rings (SSSR count). The van der Waals surface area contributed by atoms with Gasteiger partial charge in [0.1, 0.15) is 0 Å². The van der Waals surface area contributed by atoms with Crippen LogP contribution < -0.4 is 5.32 Å². The SMILES string of the molecule is C=CC(=O)O.CCCCCCCCCCCCCCCCOC(=O)NCC. The van der Waals surface area contributed by atoms with Crippen molar-refractivity contribution in [1.82, 2.24) is 5.32 Å². The van der Waals surface area contributed by atoms with E-state index in [0.717, 1.165) is 12.5 Å². The van der Waals surface area contributed by atoms with Crippen LogP contribution in [0.25, 0.3) is 0 Å². The highest BCUT2D eigenvalue weighted by Gasteiger charge is 1.98. The number of amides is 1. The molecule has 1 amide bonds. The van der Waals surface area contributed by atoms with Crippen molar-refractivity contribution in [2.45, 2.75) is 104 Å². The van der Waals surface area contributed by atoms with Crippen molar-refractivity contribution in [2.24, 2.45) is 0 Å². The number of carboxylic acid groups (broad SMARTS) is 1. The second-order valence-corrected chi connectivity index (χ2v) is 6.80. The van der Waals surface area contributed by atoms with Crippen LogP contribution in [0.2, 0.25) is 0 Å². The molecule has 0 atom stereocenters. The lowest BCUT2D eigenvalue weighted by Gasteiger charge is -2.05. The predicted molar refractivity (Wildman–Crippen MR) is 113 cm³/mol. The summed E-state index contributed by atoms with van der Waals surface area (Å²) in [5.74, 6) is -0.981. The van der Waals surface area contributed by atoms with Crippen molar-refractivity contribution in [3.8, 4) is 0 Å². The highest BCUT2D eigenvalue weighted by Crippen LogP contribution is 2.12. The average molecular weight is 386 g/mol. The largest absolute Gasteiger partial charge is 0.478 e. The number of rotatable bonds is 17. The Morgan fingerprint density at radius 3 is 1.52 bits per heavy atom. The van der Waals surface area contributed by atoms with E-state index in [0.29, 0.717) is 13.2 Å². The van der Waals surface area contributed by atoms with Crippen LogP contribution in [0.4, 0.5) is 4.79 Å². The van der Waals surface area contributed by atoms with Crippen molar-refractivity contribution in [3.05, 3.63) is 12.7 Å². The van der Waals surface area contributed by atoms with Gasteiger partial charge in [0.2, 0.25) is 0 Å². The lowest BCUT2D eigenvalue weighted by atomic mass is 10.0. The lowest BCUT2D eigenvalue weighted by molar-refractivity contribution is -0.131. The van der Waals surface area contributed by atoms with Gasteiger partial charge in [0.05, 0.1) is 6.61 Å². The number of hydrogen-bond acceptors (Lipinski definition) is 3. The second kappa shape index (κ2) is 24.5. The molecule has 0 aliphatic carbocycles. The molecule has 5 heteroatoms. The topological polar surface area (TPSA) is 75.6 Å². The van der Waals surface area contributed by atoms with Gasteiger partial charge in [-0.25, -0.2) is 9.59 Å². The molecule has 0 spiro atoms. The number of unbranched alkanes of at least 4 members (excludes halogenated alkanes) is 13. The summed E-state index contributed by atoms with van der Waals surface area (Å²) < 4.78 is 5.04. The van der Waals surface area contributed by atoms with E-state index in [4.69, 9.17) is 9.84 Å². The maximum absolute atomic E-state index is 11.0. The van der Waals surface area contributed by atoms with Crippen LogP contribution in [-0.4, -0.2) is 30.3 Å². The quantitative estimate of drug-likeness (QED) is 0.222. The first kappa shape index (κ1) is 27.7. The highest BCUT2D eigenvalue weighted by molar-refractivity contribution is 5.78. The van der Waals surface area contributed by atoms with Gasteiger partial charge >= 0.3 is 12.1 Å². The molecule has 0 bridgehead atoms. The summed E-state index contributed by atoms with van der Waals surface area (Å²) in [5.41, 5.74) is 0. The van der Waals surface area contributed by atoms with Crippen LogP contribution >= 0.6 is 0 Å². The maximum atomic E-state index is 11.0. The molecule has 0 aliphatic heterocycles. The van der Waals surface area contributed by atoms with E-state index in [1.165, 1.54) is 83.5 Å². The molecule has 160 valence electrons. The molecule has 0 aliphatic rings. The van der Waals surface area contributed by atoms with Crippen LogP contribution in [0.1, 0.15) is 104 Å². The van der Waals surface area contributed by atoms with Crippen LogP contribution in [0.15, 0.2) is 12.7 Å². The van der Waals surface area contributed by atoms with E-state index >= 15 is 0 Å². The molecule has 0 aromatic carbocycles. The molecule has 0 fully saturated rings. The fraction of sp³-hybridized carbons (Fsp3) is 0.818. The van der Waals surface area contributed by atoms with Gasteiger partial charge in [0.15, 0.2) is 0 Å². The Hall–Kier alpha value is -1.52. The molecule has 5 nitrogen and oxygen atoms in total. The molecule has 2 N–H and O–H groups in total. The van der Waals surface area contributed by atoms with Gasteiger partial charge in [-0.3, -0.25) is 0 Å². The summed E-state index contributed by atoms with van der Waals surface area (Å²) in [6, 6.07) is 0. The number of carbonyl (C=O) groups excluding carboxylic acids is 1. The van der Waals surface area contributed by atoms with E-state index in [1.807, 2.05) is 6.92 Å². The third-order valence-corrected chi connectivity index (χ3v) is 4.23. The van der Waals surface area contributed by atoms with Crippen LogP contribution in [-0.2, 0) is 9.53 Å². The highest BCUT2D eigenvalue weighted by atomic mass is 16.5. The van der Waals surface area contributed by atoms with Crippen molar-refractivity contribution in [3.63, 3.8) is 0 Å². The smallest absolute Gasteiger partial charge is 0.407 e. The minimum atomic E-state index is -0.981. The predicted octanol–water partition coefficient (Wildman–Crippen LogP) is 6.47. The number of aliphatic carboxylic acids is 1. The first-order valence-electron chi connectivity index (χ1n) is 10.8. The summed E-state index contributed by atoms with van der Waals surface area (Å²) in [4.78, 5) is 20.3. The zero-order valence-corrected chi connectivity index (χ0v) is 17.8. The Bertz CT molecular complexity index is 345. The number of carbonyl (C=O) groups is 2. The molecule has 0 aromatic heterocycles. The van der Waals surface area contributed by atoms with Gasteiger partial charge in [-0.2, -0.15) is 0 Å². The van der Waals surface area contributed by atoms with Gasteiger partial charge in [0, 0.05) is 12.6 Å². The van der Waals surface area contributed by atoms with E-state index in [1.54, 1.807) is 0 Å². The average Bonchev–Trinajstić information content (AvgIpc) is 2.65. The molecular formula is C22H43NO4. The van der Waals surface area contributed by atoms with Crippen molar-refractivity contribution in [2.75, 3.05) is 13.2 Å². The van der Waals surface area contributed by atoms with E-state index < -0.39 is 5.97 Å². The number of nitrogens with one attached hydrogen (secondary N) is 1. The van der Waals surface area contributed by atoms with Crippen LogP contribution in [0.5, 0.6) is 0 Å². The fourth-order valence-electron chi connectivity index (χ4n) is 2.66. The Morgan fingerprint density at radius 1 is 0.815 bits per heavy atom. The lowest BCUT2D eigenvalue weighted by Crippen LogP contribution is -2.23. The van der Waals surface area contributed by atoms with Crippen LogP contribution in [0, 0.1) is 0 Å². The first-order chi connectivity index (χ1) is 13.1. The summed E-state index contributed by atoms with van der Waals surface area (Å²) in [5, 5.41) is 10.2. The number of hydrogen-bond donors (Lipinski definition) is 2. The monoisotopic (exact) mass is 385 g/mol. The molecule has 0 radical (unpaired) electrons. The van der Waals surface area contributed by atoms with Gasteiger partial charge in [-0.15, -0.1) is 0 Å². The summed E-state index contributed by atoms with van der Waals surface area (Å²) in [6.07, 6.45) is 19.4. The maximum Gasteiger partial charge on any atom is 0.407 e. The van der Waals surface area contributed by atoms with Gasteiger partial charge < -0.3 is 15.2 Å². The minimum Gasteiger partial charge on any atom is -0.478 e. The molecule has 0 heterocycles. The molecule has 0 unspecified atom stereocenters. The molecule has 27 heavy (non-hydrogen) atoms. The fourth-order valence-corrected chi connectivity index (χ4v) is 2.66. The normalized spacial score (nSPS) is 9.85.